The number of benzene rings is 2. The van der Waals surface area contributed by atoms with Crippen LogP contribution in [-0.2, 0) is 17.7 Å². The van der Waals surface area contributed by atoms with E-state index in [1.54, 1.807) is 47.6 Å². The molecule has 4 aromatic rings. The van der Waals surface area contributed by atoms with Gasteiger partial charge in [0.2, 0.25) is 0 Å². The molecule has 168 valence electrons. The van der Waals surface area contributed by atoms with Crippen LogP contribution in [0.15, 0.2) is 48.5 Å². The third-order valence-electron chi connectivity index (χ3n) is 5.56. The van der Waals surface area contributed by atoms with Crippen molar-refractivity contribution in [3.8, 4) is 16.3 Å². The van der Waals surface area contributed by atoms with Crippen molar-refractivity contribution in [2.75, 3.05) is 26.1 Å². The van der Waals surface area contributed by atoms with Gasteiger partial charge in [0.25, 0.3) is 5.91 Å². The number of carbonyl (C=O) groups is 2. The molecule has 2 aromatic carbocycles. The van der Waals surface area contributed by atoms with Gasteiger partial charge in [0.15, 0.2) is 0 Å². The number of ether oxygens (including phenoxy) is 2. The van der Waals surface area contributed by atoms with E-state index in [0.717, 1.165) is 36.2 Å². The van der Waals surface area contributed by atoms with Crippen LogP contribution in [0.2, 0.25) is 0 Å². The fraction of sp³-hybridized carbons (Fsp3) is 0.208. The molecule has 1 aliphatic rings. The largest absolute Gasteiger partial charge is 0.497 e. The molecule has 9 heteroatoms. The van der Waals surface area contributed by atoms with Crippen LogP contribution in [0.3, 0.4) is 0 Å². The van der Waals surface area contributed by atoms with E-state index in [0.29, 0.717) is 30.8 Å². The van der Waals surface area contributed by atoms with E-state index < -0.39 is 0 Å². The first-order valence-electron chi connectivity index (χ1n) is 10.4. The highest BCUT2D eigenvalue weighted by Gasteiger charge is 2.30. The zero-order chi connectivity index (χ0) is 22.9. The summed E-state index contributed by atoms with van der Waals surface area (Å²) in [6.45, 7) is 0.997. The normalized spacial score (nSPS) is 13.0. The van der Waals surface area contributed by atoms with E-state index >= 15 is 0 Å². The first-order chi connectivity index (χ1) is 16.1. The smallest absolute Gasteiger partial charge is 0.409 e. The molecule has 33 heavy (non-hydrogen) atoms. The molecule has 0 aliphatic carbocycles. The van der Waals surface area contributed by atoms with Crippen LogP contribution in [-0.4, -0.2) is 42.6 Å². The molecule has 1 N–H and O–H groups in total. The van der Waals surface area contributed by atoms with E-state index in [-0.39, 0.29) is 12.0 Å². The monoisotopic (exact) mass is 479 g/mol. The molecule has 0 radical (unpaired) electrons. The van der Waals surface area contributed by atoms with Crippen molar-refractivity contribution in [3.63, 3.8) is 0 Å². The molecular weight excluding hydrogens is 458 g/mol. The number of thiazole rings is 1. The number of amides is 2. The molecule has 3 heterocycles. The highest BCUT2D eigenvalue weighted by Crippen LogP contribution is 2.45. The van der Waals surface area contributed by atoms with Crippen LogP contribution in [0, 0.1) is 0 Å². The number of fused-ring (bicyclic) bond motifs is 2. The van der Waals surface area contributed by atoms with E-state index in [1.807, 2.05) is 24.3 Å². The van der Waals surface area contributed by atoms with Crippen molar-refractivity contribution in [3.05, 3.63) is 64.5 Å². The van der Waals surface area contributed by atoms with Crippen molar-refractivity contribution in [1.29, 1.82) is 0 Å². The molecule has 5 rings (SSSR count). The van der Waals surface area contributed by atoms with Crippen LogP contribution in [0.25, 0.3) is 20.8 Å². The standard InChI is InChI=1S/C24H21N3O4S2/c1-30-15-7-5-6-14(12-15)21(28)26-23-20(22-25-17-8-3-4-9-18(17)32-22)16-10-11-27(24(29)31-2)13-19(16)33-23/h3-9,12H,10-11,13H2,1-2H3,(H,26,28). The van der Waals surface area contributed by atoms with Gasteiger partial charge in [-0.1, -0.05) is 18.2 Å². The number of nitrogens with one attached hydrogen (secondary N) is 1. The number of hydrogen-bond acceptors (Lipinski definition) is 7. The van der Waals surface area contributed by atoms with Crippen molar-refractivity contribution in [2.24, 2.45) is 0 Å². The summed E-state index contributed by atoms with van der Waals surface area (Å²) in [6.07, 6.45) is 0.318. The quantitative estimate of drug-likeness (QED) is 0.423. The number of carbonyl (C=O) groups excluding carboxylic acids is 2. The van der Waals surface area contributed by atoms with E-state index in [1.165, 1.54) is 18.4 Å². The minimum absolute atomic E-state index is 0.223. The molecule has 2 aromatic heterocycles. The molecule has 1 aliphatic heterocycles. The summed E-state index contributed by atoms with van der Waals surface area (Å²) in [5.41, 5.74) is 3.50. The lowest BCUT2D eigenvalue weighted by atomic mass is 10.0. The Labute approximate surface area is 198 Å². The summed E-state index contributed by atoms with van der Waals surface area (Å²) < 4.78 is 11.3. The maximum Gasteiger partial charge on any atom is 0.409 e. The lowest BCUT2D eigenvalue weighted by Crippen LogP contribution is -2.35. The molecule has 0 saturated heterocycles. The molecule has 7 nitrogen and oxygen atoms in total. The first kappa shape index (κ1) is 21.4. The molecule has 0 unspecified atom stereocenters. The Bertz CT molecular complexity index is 1330. The fourth-order valence-corrected chi connectivity index (χ4v) is 6.29. The maximum absolute atomic E-state index is 13.1. The third-order valence-corrected chi connectivity index (χ3v) is 7.74. The molecule has 2 amide bonds. The summed E-state index contributed by atoms with van der Waals surface area (Å²) in [5.74, 6) is 0.396. The summed E-state index contributed by atoms with van der Waals surface area (Å²) >= 11 is 3.09. The number of nitrogens with zero attached hydrogens (tertiary/aromatic N) is 2. The van der Waals surface area contributed by atoms with Crippen LogP contribution >= 0.6 is 22.7 Å². The molecule has 0 fully saturated rings. The Morgan fingerprint density at radius 2 is 1.94 bits per heavy atom. The summed E-state index contributed by atoms with van der Waals surface area (Å²) in [4.78, 5) is 32.8. The van der Waals surface area contributed by atoms with Gasteiger partial charge in [-0.3, -0.25) is 4.79 Å². The summed E-state index contributed by atoms with van der Waals surface area (Å²) in [5, 5.41) is 4.69. The van der Waals surface area contributed by atoms with Gasteiger partial charge in [0.05, 0.1) is 31.0 Å². The van der Waals surface area contributed by atoms with Crippen LogP contribution in [0.5, 0.6) is 5.75 Å². The topological polar surface area (TPSA) is 80.8 Å². The summed E-state index contributed by atoms with van der Waals surface area (Å²) in [6, 6.07) is 15.0. The Hall–Kier alpha value is -3.43. The lowest BCUT2D eigenvalue weighted by Gasteiger charge is -2.25. The SMILES string of the molecule is COC(=O)N1CCc2c(sc(NC(=O)c3cccc(OC)c3)c2-c2nc3ccccc3s2)C1. The summed E-state index contributed by atoms with van der Waals surface area (Å²) in [7, 11) is 2.96. The number of para-hydroxylation sites is 1. The van der Waals surface area contributed by atoms with Crippen molar-refractivity contribution in [1.82, 2.24) is 9.88 Å². The van der Waals surface area contributed by atoms with Crippen LogP contribution in [0.1, 0.15) is 20.8 Å². The predicted octanol–water partition coefficient (Wildman–Crippen LogP) is 5.41. The number of methoxy groups -OCH3 is 2. The zero-order valence-electron chi connectivity index (χ0n) is 18.1. The Kier molecular flexibility index (Phi) is 5.74. The average molecular weight is 480 g/mol. The van der Waals surface area contributed by atoms with Crippen molar-refractivity contribution < 1.29 is 19.1 Å². The molecule has 0 saturated carbocycles. The zero-order valence-corrected chi connectivity index (χ0v) is 19.7. The number of anilines is 1. The molecular formula is C24H21N3O4S2. The van der Waals surface area contributed by atoms with E-state index in [4.69, 9.17) is 14.5 Å². The van der Waals surface area contributed by atoms with Crippen LogP contribution in [0.4, 0.5) is 9.80 Å². The van der Waals surface area contributed by atoms with Gasteiger partial charge in [-0.25, -0.2) is 9.78 Å². The van der Waals surface area contributed by atoms with E-state index in [2.05, 4.69) is 5.32 Å². The Morgan fingerprint density at radius 3 is 2.73 bits per heavy atom. The van der Waals surface area contributed by atoms with Gasteiger partial charge in [-0.2, -0.15) is 0 Å². The molecule has 0 bridgehead atoms. The van der Waals surface area contributed by atoms with Crippen molar-refractivity contribution >= 4 is 49.9 Å². The van der Waals surface area contributed by atoms with Gasteiger partial charge in [0, 0.05) is 22.5 Å². The lowest BCUT2D eigenvalue weighted by molar-refractivity contribution is 0.102. The predicted molar refractivity (Wildman–Crippen MR) is 130 cm³/mol. The highest BCUT2D eigenvalue weighted by atomic mass is 32.1. The molecule has 0 atom stereocenters. The van der Waals surface area contributed by atoms with Gasteiger partial charge in [-0.05, 0) is 42.3 Å². The number of hydrogen-bond donors (Lipinski definition) is 1. The number of aromatic nitrogens is 1. The Balaban J connectivity index is 1.56. The van der Waals surface area contributed by atoms with Crippen molar-refractivity contribution in [2.45, 2.75) is 13.0 Å². The fourth-order valence-electron chi connectivity index (χ4n) is 3.92. The minimum atomic E-state index is -0.349. The number of rotatable bonds is 4. The first-order valence-corrected chi connectivity index (χ1v) is 12.0. The van der Waals surface area contributed by atoms with Gasteiger partial charge in [-0.15, -0.1) is 22.7 Å². The molecule has 0 spiro atoms. The van der Waals surface area contributed by atoms with Gasteiger partial charge in [0.1, 0.15) is 15.8 Å². The second-order valence-electron chi connectivity index (χ2n) is 7.52. The second kappa shape index (κ2) is 8.84. The minimum Gasteiger partial charge on any atom is -0.497 e. The van der Waals surface area contributed by atoms with Gasteiger partial charge >= 0.3 is 6.09 Å². The average Bonchev–Trinajstić information content (AvgIpc) is 3.43. The van der Waals surface area contributed by atoms with Crippen LogP contribution < -0.4 is 10.1 Å². The third kappa shape index (κ3) is 4.05. The highest BCUT2D eigenvalue weighted by molar-refractivity contribution is 7.23. The van der Waals surface area contributed by atoms with E-state index in [9.17, 15) is 9.59 Å². The second-order valence-corrected chi connectivity index (χ2v) is 9.66. The number of thiophene rings is 1. The maximum atomic E-state index is 13.1. The Morgan fingerprint density at radius 1 is 1.09 bits per heavy atom. The van der Waals surface area contributed by atoms with Gasteiger partial charge < -0.3 is 19.7 Å².